The lowest BCUT2D eigenvalue weighted by Crippen LogP contribution is -2.52. The molecule has 0 radical (unpaired) electrons. The topological polar surface area (TPSA) is 101 Å². The van der Waals surface area contributed by atoms with Crippen LogP contribution < -0.4 is 10.5 Å². The van der Waals surface area contributed by atoms with Gasteiger partial charge in [0, 0.05) is 12.1 Å². The molecule has 0 aliphatic heterocycles. The smallest absolute Gasteiger partial charge is 0.244 e. The fourth-order valence-corrected chi connectivity index (χ4v) is 3.92. The van der Waals surface area contributed by atoms with Crippen LogP contribution in [0.1, 0.15) is 38.1 Å². The predicted molar refractivity (Wildman–Crippen MR) is 70.8 cm³/mol. The van der Waals surface area contributed by atoms with Crippen molar-refractivity contribution in [1.29, 1.82) is 0 Å². The van der Waals surface area contributed by atoms with Gasteiger partial charge in [0.15, 0.2) is 0 Å². The summed E-state index contributed by atoms with van der Waals surface area (Å²) in [6, 6.07) is 0. The number of nitrogens with zero attached hydrogens (tertiary/aromatic N) is 1. The number of sulfonamides is 1. The van der Waals surface area contributed by atoms with Crippen LogP contribution in [0.2, 0.25) is 0 Å². The normalized spacial score (nSPS) is 12.9. The molecule has 0 spiro atoms. The fourth-order valence-electron chi connectivity index (χ4n) is 2.00. The zero-order valence-electron chi connectivity index (χ0n) is 11.4. The highest BCUT2D eigenvalue weighted by Gasteiger charge is 2.33. The minimum atomic E-state index is -3.60. The van der Waals surface area contributed by atoms with Crippen molar-refractivity contribution in [1.82, 2.24) is 14.9 Å². The number of rotatable bonds is 6. The molecule has 0 aliphatic rings. The molecule has 4 N–H and O–H groups in total. The number of hydrogen-bond acceptors (Lipinski definition) is 4. The summed E-state index contributed by atoms with van der Waals surface area (Å²) in [5.74, 6) is 0. The second kappa shape index (κ2) is 5.38. The quantitative estimate of drug-likeness (QED) is 0.715. The summed E-state index contributed by atoms with van der Waals surface area (Å²) in [6.45, 7) is 7.48. The summed E-state index contributed by atoms with van der Waals surface area (Å²) in [6.07, 6.45) is 1.30. The molecule has 104 valence electrons. The van der Waals surface area contributed by atoms with Gasteiger partial charge in [0.2, 0.25) is 10.0 Å². The minimum absolute atomic E-state index is 0.224. The Morgan fingerprint density at radius 1 is 1.33 bits per heavy atom. The third-order valence-electron chi connectivity index (χ3n) is 3.42. The molecule has 0 saturated carbocycles. The van der Waals surface area contributed by atoms with Crippen molar-refractivity contribution in [2.45, 2.75) is 51.0 Å². The average Bonchev–Trinajstić information content (AvgIpc) is 2.67. The van der Waals surface area contributed by atoms with Crippen molar-refractivity contribution in [2.24, 2.45) is 5.73 Å². The van der Waals surface area contributed by atoms with E-state index in [1.54, 1.807) is 13.8 Å². The Hall–Kier alpha value is -0.920. The first-order valence-corrected chi connectivity index (χ1v) is 7.56. The second-order valence-electron chi connectivity index (χ2n) is 4.56. The van der Waals surface area contributed by atoms with E-state index in [0.29, 0.717) is 24.2 Å². The molecule has 1 rings (SSSR count). The SMILES string of the molecule is CCC(CC)(CN)NS(=O)(=O)c1c(C)n[nH]c1C. The predicted octanol–water partition coefficient (Wildman–Crippen LogP) is 0.822. The Labute approximate surface area is 108 Å². The zero-order chi connectivity index (χ0) is 14.0. The molecule has 6 nitrogen and oxygen atoms in total. The number of aryl methyl sites for hydroxylation is 2. The summed E-state index contributed by atoms with van der Waals surface area (Å²) in [4.78, 5) is 0.224. The molecule has 0 unspecified atom stereocenters. The average molecular weight is 274 g/mol. The van der Waals surface area contributed by atoms with Crippen LogP contribution in [0.5, 0.6) is 0 Å². The van der Waals surface area contributed by atoms with Crippen molar-refractivity contribution in [3.05, 3.63) is 11.4 Å². The monoisotopic (exact) mass is 274 g/mol. The van der Waals surface area contributed by atoms with Crippen LogP contribution in [0.25, 0.3) is 0 Å². The highest BCUT2D eigenvalue weighted by atomic mass is 32.2. The molecular formula is C11H22N4O2S. The maximum absolute atomic E-state index is 12.4. The van der Waals surface area contributed by atoms with Crippen LogP contribution in [-0.2, 0) is 10.0 Å². The van der Waals surface area contributed by atoms with Gasteiger partial charge in [-0.2, -0.15) is 5.10 Å². The summed E-state index contributed by atoms with van der Waals surface area (Å²) in [5, 5.41) is 6.60. The molecule has 0 bridgehead atoms. The highest BCUT2D eigenvalue weighted by Crippen LogP contribution is 2.21. The van der Waals surface area contributed by atoms with Crippen molar-refractivity contribution < 1.29 is 8.42 Å². The van der Waals surface area contributed by atoms with Crippen LogP contribution in [-0.4, -0.2) is 30.7 Å². The van der Waals surface area contributed by atoms with E-state index < -0.39 is 15.6 Å². The first kappa shape index (κ1) is 15.1. The zero-order valence-corrected chi connectivity index (χ0v) is 12.2. The molecular weight excluding hydrogens is 252 g/mol. The van der Waals surface area contributed by atoms with E-state index in [1.807, 2.05) is 13.8 Å². The van der Waals surface area contributed by atoms with Crippen LogP contribution in [0, 0.1) is 13.8 Å². The summed E-state index contributed by atoms with van der Waals surface area (Å²) < 4.78 is 27.5. The van der Waals surface area contributed by atoms with Gasteiger partial charge < -0.3 is 5.73 Å². The number of aromatic amines is 1. The van der Waals surface area contributed by atoms with E-state index in [2.05, 4.69) is 14.9 Å². The molecule has 0 fully saturated rings. The Kier molecular flexibility index (Phi) is 4.52. The Balaban J connectivity index is 3.17. The summed E-state index contributed by atoms with van der Waals surface area (Å²) in [5.41, 5.74) is 6.14. The molecule has 1 aromatic heterocycles. The van der Waals surface area contributed by atoms with Gasteiger partial charge in [-0.05, 0) is 26.7 Å². The first-order chi connectivity index (χ1) is 8.32. The Morgan fingerprint density at radius 3 is 2.22 bits per heavy atom. The van der Waals surface area contributed by atoms with Crippen LogP contribution >= 0.6 is 0 Å². The van der Waals surface area contributed by atoms with Crippen LogP contribution in [0.3, 0.4) is 0 Å². The molecule has 7 heteroatoms. The number of H-pyrrole nitrogens is 1. The van der Waals surface area contributed by atoms with E-state index in [-0.39, 0.29) is 11.4 Å². The fraction of sp³-hybridized carbons (Fsp3) is 0.727. The second-order valence-corrected chi connectivity index (χ2v) is 6.18. The van der Waals surface area contributed by atoms with Crippen molar-refractivity contribution in [2.75, 3.05) is 6.54 Å². The van der Waals surface area contributed by atoms with Gasteiger partial charge in [-0.1, -0.05) is 13.8 Å². The van der Waals surface area contributed by atoms with E-state index in [4.69, 9.17) is 5.73 Å². The summed E-state index contributed by atoms with van der Waals surface area (Å²) >= 11 is 0. The number of hydrogen-bond donors (Lipinski definition) is 3. The van der Waals surface area contributed by atoms with Gasteiger partial charge in [0.25, 0.3) is 0 Å². The van der Waals surface area contributed by atoms with Crippen molar-refractivity contribution >= 4 is 10.0 Å². The first-order valence-electron chi connectivity index (χ1n) is 6.07. The maximum Gasteiger partial charge on any atom is 0.244 e. The van der Waals surface area contributed by atoms with E-state index in [0.717, 1.165) is 0 Å². The molecule has 0 atom stereocenters. The third kappa shape index (κ3) is 2.73. The lowest BCUT2D eigenvalue weighted by Gasteiger charge is -2.30. The number of nitrogens with one attached hydrogen (secondary N) is 2. The van der Waals surface area contributed by atoms with Gasteiger partial charge in [-0.15, -0.1) is 0 Å². The Morgan fingerprint density at radius 2 is 1.89 bits per heavy atom. The minimum Gasteiger partial charge on any atom is -0.329 e. The number of aromatic nitrogens is 2. The van der Waals surface area contributed by atoms with E-state index in [9.17, 15) is 8.42 Å². The van der Waals surface area contributed by atoms with Gasteiger partial charge in [0.1, 0.15) is 4.90 Å². The van der Waals surface area contributed by atoms with E-state index >= 15 is 0 Å². The molecule has 18 heavy (non-hydrogen) atoms. The lowest BCUT2D eigenvalue weighted by molar-refractivity contribution is 0.363. The van der Waals surface area contributed by atoms with Crippen molar-refractivity contribution in [3.8, 4) is 0 Å². The molecule has 0 amide bonds. The van der Waals surface area contributed by atoms with Gasteiger partial charge in [0.05, 0.1) is 11.4 Å². The molecule has 0 saturated heterocycles. The van der Waals surface area contributed by atoms with Crippen LogP contribution in [0.15, 0.2) is 4.90 Å². The van der Waals surface area contributed by atoms with E-state index in [1.165, 1.54) is 0 Å². The Bertz CT molecular complexity index is 475. The van der Waals surface area contributed by atoms with Crippen molar-refractivity contribution in [3.63, 3.8) is 0 Å². The highest BCUT2D eigenvalue weighted by molar-refractivity contribution is 7.89. The molecule has 1 aromatic rings. The lowest BCUT2D eigenvalue weighted by atomic mass is 9.95. The van der Waals surface area contributed by atoms with Gasteiger partial charge in [-0.25, -0.2) is 13.1 Å². The van der Waals surface area contributed by atoms with Gasteiger partial charge >= 0.3 is 0 Å². The third-order valence-corrected chi connectivity index (χ3v) is 5.27. The standard InChI is InChI=1S/C11H22N4O2S/c1-5-11(6-2,7-12)15-18(16,17)10-8(3)13-14-9(10)4/h15H,5-7,12H2,1-4H3,(H,13,14). The summed E-state index contributed by atoms with van der Waals surface area (Å²) in [7, 11) is -3.60. The molecule has 0 aromatic carbocycles. The van der Waals surface area contributed by atoms with Crippen LogP contribution in [0.4, 0.5) is 0 Å². The van der Waals surface area contributed by atoms with Gasteiger partial charge in [-0.3, -0.25) is 5.10 Å². The molecule has 1 heterocycles. The largest absolute Gasteiger partial charge is 0.329 e. The molecule has 0 aliphatic carbocycles. The maximum atomic E-state index is 12.4. The number of nitrogens with two attached hydrogens (primary N) is 1.